The van der Waals surface area contributed by atoms with Gasteiger partial charge in [0, 0.05) is 12.5 Å². The molecular formula is C14H24O2. The summed E-state index contributed by atoms with van der Waals surface area (Å²) < 4.78 is 5.73. The monoisotopic (exact) mass is 224 g/mol. The largest absolute Gasteiger partial charge is 0.512 e. The Bertz CT molecular complexity index is 253. The number of aliphatic hydroxyl groups excluding tert-OH is 1. The molecule has 1 aliphatic rings. The Morgan fingerprint density at radius 2 is 2.25 bits per heavy atom. The maximum atomic E-state index is 9.38. The van der Waals surface area contributed by atoms with Crippen LogP contribution in [0.15, 0.2) is 23.7 Å². The van der Waals surface area contributed by atoms with Crippen LogP contribution >= 0.6 is 0 Å². The van der Waals surface area contributed by atoms with Gasteiger partial charge in [-0.05, 0) is 24.8 Å². The van der Waals surface area contributed by atoms with Crippen molar-refractivity contribution in [2.75, 3.05) is 6.61 Å². The molecule has 0 aromatic carbocycles. The van der Waals surface area contributed by atoms with Crippen molar-refractivity contribution in [3.8, 4) is 0 Å². The van der Waals surface area contributed by atoms with Gasteiger partial charge >= 0.3 is 0 Å². The SMILES string of the molecule is CCCCC(CC)COC1=CCCC(O)=C1. The summed E-state index contributed by atoms with van der Waals surface area (Å²) in [4.78, 5) is 0. The van der Waals surface area contributed by atoms with Crippen LogP contribution in [0.5, 0.6) is 0 Å². The number of unbranched alkanes of at least 4 members (excludes halogenated alkanes) is 1. The predicted octanol–water partition coefficient (Wildman–Crippen LogP) is 4.34. The van der Waals surface area contributed by atoms with Crippen molar-refractivity contribution >= 4 is 0 Å². The van der Waals surface area contributed by atoms with E-state index in [1.54, 1.807) is 6.08 Å². The Hall–Kier alpha value is -0.920. The van der Waals surface area contributed by atoms with Gasteiger partial charge in [-0.15, -0.1) is 0 Å². The molecule has 92 valence electrons. The number of hydrogen-bond acceptors (Lipinski definition) is 2. The summed E-state index contributed by atoms with van der Waals surface area (Å²) in [5.41, 5.74) is 0. The zero-order valence-electron chi connectivity index (χ0n) is 10.5. The van der Waals surface area contributed by atoms with Crippen molar-refractivity contribution in [1.82, 2.24) is 0 Å². The standard InChI is InChI=1S/C14H24O2/c1-3-5-7-12(4-2)11-16-14-9-6-8-13(15)10-14/h9-10,12,15H,3-8,11H2,1-2H3. The lowest BCUT2D eigenvalue weighted by atomic mass is 10.0. The minimum Gasteiger partial charge on any atom is -0.512 e. The summed E-state index contributed by atoms with van der Waals surface area (Å²) in [6.07, 6.45) is 10.4. The fourth-order valence-electron chi connectivity index (χ4n) is 1.87. The molecule has 1 aliphatic carbocycles. The minimum absolute atomic E-state index is 0.444. The van der Waals surface area contributed by atoms with Crippen LogP contribution in [-0.2, 0) is 4.74 Å². The molecule has 1 atom stereocenters. The molecule has 0 spiro atoms. The van der Waals surface area contributed by atoms with Crippen molar-refractivity contribution in [3.05, 3.63) is 23.7 Å². The summed E-state index contributed by atoms with van der Waals surface area (Å²) in [6, 6.07) is 0. The van der Waals surface area contributed by atoms with Gasteiger partial charge in [-0.1, -0.05) is 33.1 Å². The first-order chi connectivity index (χ1) is 7.76. The van der Waals surface area contributed by atoms with Gasteiger partial charge in [-0.25, -0.2) is 0 Å². The van der Waals surface area contributed by atoms with Crippen LogP contribution in [0.1, 0.15) is 52.4 Å². The quantitative estimate of drug-likeness (QED) is 0.697. The number of hydrogen-bond donors (Lipinski definition) is 1. The Morgan fingerprint density at radius 1 is 1.44 bits per heavy atom. The van der Waals surface area contributed by atoms with Crippen LogP contribution in [0, 0.1) is 5.92 Å². The maximum absolute atomic E-state index is 9.38. The molecule has 0 amide bonds. The lowest BCUT2D eigenvalue weighted by Gasteiger charge is -2.17. The molecule has 0 bridgehead atoms. The first-order valence-corrected chi connectivity index (χ1v) is 6.48. The van der Waals surface area contributed by atoms with E-state index in [0.717, 1.165) is 25.2 Å². The first kappa shape index (κ1) is 13.1. The highest BCUT2D eigenvalue weighted by Gasteiger charge is 2.09. The highest BCUT2D eigenvalue weighted by molar-refractivity contribution is 5.19. The van der Waals surface area contributed by atoms with Crippen LogP contribution in [0.4, 0.5) is 0 Å². The highest BCUT2D eigenvalue weighted by Crippen LogP contribution is 2.19. The van der Waals surface area contributed by atoms with Crippen molar-refractivity contribution in [2.45, 2.75) is 52.4 Å². The van der Waals surface area contributed by atoms with Gasteiger partial charge in [0.15, 0.2) is 0 Å². The molecule has 16 heavy (non-hydrogen) atoms. The second-order valence-electron chi connectivity index (χ2n) is 4.51. The molecule has 0 saturated heterocycles. The van der Waals surface area contributed by atoms with Crippen LogP contribution in [0.25, 0.3) is 0 Å². The third-order valence-corrected chi connectivity index (χ3v) is 3.08. The van der Waals surface area contributed by atoms with Gasteiger partial charge in [-0.3, -0.25) is 0 Å². The van der Waals surface area contributed by atoms with E-state index in [4.69, 9.17) is 4.74 Å². The van der Waals surface area contributed by atoms with Gasteiger partial charge < -0.3 is 9.84 Å². The fraction of sp³-hybridized carbons (Fsp3) is 0.714. The average Bonchev–Trinajstić information content (AvgIpc) is 2.29. The second kappa shape index (κ2) is 7.37. The van der Waals surface area contributed by atoms with E-state index in [2.05, 4.69) is 19.9 Å². The molecule has 0 aromatic heterocycles. The van der Waals surface area contributed by atoms with Crippen molar-refractivity contribution in [1.29, 1.82) is 0 Å². The van der Waals surface area contributed by atoms with E-state index in [-0.39, 0.29) is 0 Å². The molecule has 1 rings (SSSR count). The zero-order chi connectivity index (χ0) is 11.8. The Labute approximate surface area is 99.0 Å². The van der Waals surface area contributed by atoms with E-state index in [1.807, 2.05) is 0 Å². The Balaban J connectivity index is 2.29. The predicted molar refractivity (Wildman–Crippen MR) is 67.3 cm³/mol. The fourth-order valence-corrected chi connectivity index (χ4v) is 1.87. The zero-order valence-corrected chi connectivity index (χ0v) is 10.5. The lowest BCUT2D eigenvalue weighted by molar-refractivity contribution is 0.161. The van der Waals surface area contributed by atoms with E-state index in [1.165, 1.54) is 25.7 Å². The lowest BCUT2D eigenvalue weighted by Crippen LogP contribution is -2.09. The smallest absolute Gasteiger partial charge is 0.118 e. The molecule has 2 nitrogen and oxygen atoms in total. The number of ether oxygens (including phenoxy) is 1. The molecule has 1 unspecified atom stereocenters. The Kier molecular flexibility index (Phi) is 6.05. The van der Waals surface area contributed by atoms with Crippen molar-refractivity contribution in [3.63, 3.8) is 0 Å². The third kappa shape index (κ3) is 4.73. The van der Waals surface area contributed by atoms with Crippen molar-refractivity contribution < 1.29 is 9.84 Å². The molecular weight excluding hydrogens is 200 g/mol. The minimum atomic E-state index is 0.444. The summed E-state index contributed by atoms with van der Waals surface area (Å²) in [6.45, 7) is 5.22. The van der Waals surface area contributed by atoms with Gasteiger partial charge in [0.05, 0.1) is 12.4 Å². The maximum Gasteiger partial charge on any atom is 0.118 e. The van der Waals surface area contributed by atoms with E-state index >= 15 is 0 Å². The highest BCUT2D eigenvalue weighted by atomic mass is 16.5. The summed E-state index contributed by atoms with van der Waals surface area (Å²) >= 11 is 0. The molecule has 2 heteroatoms. The summed E-state index contributed by atoms with van der Waals surface area (Å²) in [7, 11) is 0. The summed E-state index contributed by atoms with van der Waals surface area (Å²) in [5.74, 6) is 1.94. The van der Waals surface area contributed by atoms with Gasteiger partial charge in [0.25, 0.3) is 0 Å². The van der Waals surface area contributed by atoms with E-state index in [9.17, 15) is 5.11 Å². The van der Waals surface area contributed by atoms with Gasteiger partial charge in [-0.2, -0.15) is 0 Å². The number of allylic oxidation sites excluding steroid dienone is 3. The number of aliphatic hydroxyl groups is 1. The van der Waals surface area contributed by atoms with E-state index in [0.29, 0.717) is 11.7 Å². The third-order valence-electron chi connectivity index (χ3n) is 3.08. The second-order valence-corrected chi connectivity index (χ2v) is 4.51. The van der Waals surface area contributed by atoms with Crippen LogP contribution in [0.2, 0.25) is 0 Å². The molecule has 0 aromatic rings. The normalized spacial score (nSPS) is 17.6. The molecule has 0 saturated carbocycles. The van der Waals surface area contributed by atoms with Crippen molar-refractivity contribution in [2.24, 2.45) is 5.92 Å². The molecule has 1 N–H and O–H groups in total. The number of rotatable bonds is 7. The van der Waals surface area contributed by atoms with Gasteiger partial charge in [0.2, 0.25) is 0 Å². The molecule has 0 radical (unpaired) electrons. The van der Waals surface area contributed by atoms with Gasteiger partial charge in [0.1, 0.15) is 5.76 Å². The summed E-state index contributed by atoms with van der Waals surface area (Å²) in [5, 5.41) is 9.38. The molecule has 0 aliphatic heterocycles. The first-order valence-electron chi connectivity index (χ1n) is 6.48. The van der Waals surface area contributed by atoms with Crippen LogP contribution in [0.3, 0.4) is 0 Å². The molecule has 0 fully saturated rings. The average molecular weight is 224 g/mol. The van der Waals surface area contributed by atoms with Crippen LogP contribution < -0.4 is 0 Å². The molecule has 0 heterocycles. The topological polar surface area (TPSA) is 29.5 Å². The van der Waals surface area contributed by atoms with E-state index < -0.39 is 0 Å². The van der Waals surface area contributed by atoms with Crippen LogP contribution in [-0.4, -0.2) is 11.7 Å². The Morgan fingerprint density at radius 3 is 2.88 bits per heavy atom.